The van der Waals surface area contributed by atoms with Gasteiger partial charge in [0.1, 0.15) is 6.07 Å². The van der Waals surface area contributed by atoms with Gasteiger partial charge in [-0.3, -0.25) is 0 Å². The Labute approximate surface area is 263 Å². The molecule has 0 saturated heterocycles. The molecule has 0 radical (unpaired) electrons. The summed E-state index contributed by atoms with van der Waals surface area (Å²) in [6, 6.07) is 39.6. The van der Waals surface area contributed by atoms with Crippen LogP contribution in [-0.2, 0) is 6.18 Å². The van der Waals surface area contributed by atoms with Gasteiger partial charge in [-0.15, -0.1) is 0 Å². The molecular weight excluding hydrogens is 579 g/mol. The van der Waals surface area contributed by atoms with Crippen LogP contribution in [0.4, 0.5) is 13.2 Å². The third-order valence-electron chi connectivity index (χ3n) is 8.90. The van der Waals surface area contributed by atoms with Gasteiger partial charge in [0.25, 0.3) is 0 Å². The summed E-state index contributed by atoms with van der Waals surface area (Å²) >= 11 is 0. The van der Waals surface area contributed by atoms with E-state index < -0.39 is 11.7 Å². The molecule has 222 valence electrons. The molecule has 8 rings (SSSR count). The highest BCUT2D eigenvalue weighted by atomic mass is 19.4. The van der Waals surface area contributed by atoms with Gasteiger partial charge in [-0.25, -0.2) is 0 Å². The van der Waals surface area contributed by atoms with E-state index in [0.29, 0.717) is 22.5 Å². The van der Waals surface area contributed by atoms with Crippen LogP contribution in [0, 0.1) is 25.2 Å². The minimum Gasteiger partial charge on any atom is -0.309 e. The second kappa shape index (κ2) is 10.1. The first kappa shape index (κ1) is 27.7. The molecule has 0 saturated carbocycles. The van der Waals surface area contributed by atoms with Crippen molar-refractivity contribution in [1.82, 2.24) is 9.13 Å². The Kier molecular flexibility index (Phi) is 6.10. The fraction of sp³-hybridized carbons (Fsp3) is 0.0750. The molecular formula is C40H26F3N3. The minimum absolute atomic E-state index is 0.0467. The van der Waals surface area contributed by atoms with Crippen LogP contribution < -0.4 is 0 Å². The van der Waals surface area contributed by atoms with E-state index in [1.807, 2.05) is 95.8 Å². The number of alkyl halides is 3. The van der Waals surface area contributed by atoms with Crippen LogP contribution in [0.3, 0.4) is 0 Å². The van der Waals surface area contributed by atoms with Crippen molar-refractivity contribution >= 4 is 43.6 Å². The Balaban J connectivity index is 1.56. The van der Waals surface area contributed by atoms with Crippen molar-refractivity contribution in [3.63, 3.8) is 0 Å². The second-order valence-corrected chi connectivity index (χ2v) is 11.8. The lowest BCUT2D eigenvalue weighted by molar-refractivity contribution is -0.137. The van der Waals surface area contributed by atoms with Gasteiger partial charge in [0.05, 0.1) is 44.6 Å². The van der Waals surface area contributed by atoms with E-state index in [-0.39, 0.29) is 5.56 Å². The molecule has 0 spiro atoms. The Hall–Kier alpha value is -5.80. The molecule has 0 N–H and O–H groups in total. The van der Waals surface area contributed by atoms with Crippen LogP contribution in [0.5, 0.6) is 0 Å². The molecule has 2 heterocycles. The zero-order chi connectivity index (χ0) is 31.7. The molecule has 0 fully saturated rings. The van der Waals surface area contributed by atoms with E-state index in [0.717, 1.165) is 60.8 Å². The lowest BCUT2D eigenvalue weighted by atomic mass is 9.95. The molecule has 46 heavy (non-hydrogen) atoms. The predicted octanol–water partition coefficient (Wildman–Crippen LogP) is 11.1. The number of halogens is 3. The SMILES string of the molecule is Cc1ccc2c(c1)c1ccccc1n2-c1cc(-c2ccccc2C(F)(F)F)c(-n2c3ccccc3c3cc(C)ccc32)cc1C#N. The van der Waals surface area contributed by atoms with Crippen LogP contribution in [0.25, 0.3) is 66.1 Å². The summed E-state index contributed by atoms with van der Waals surface area (Å²) in [4.78, 5) is 0. The highest BCUT2D eigenvalue weighted by molar-refractivity contribution is 6.11. The average Bonchev–Trinajstić information content (AvgIpc) is 3.56. The van der Waals surface area contributed by atoms with Crippen LogP contribution in [0.15, 0.2) is 121 Å². The second-order valence-electron chi connectivity index (χ2n) is 11.8. The van der Waals surface area contributed by atoms with E-state index in [2.05, 4.69) is 18.2 Å². The van der Waals surface area contributed by atoms with Crippen molar-refractivity contribution in [3.8, 4) is 28.6 Å². The fourth-order valence-electron chi connectivity index (χ4n) is 6.91. The summed E-state index contributed by atoms with van der Waals surface area (Å²) < 4.78 is 48.0. The highest BCUT2D eigenvalue weighted by Crippen LogP contribution is 2.44. The molecule has 0 unspecified atom stereocenters. The molecule has 0 amide bonds. The molecule has 3 nitrogen and oxygen atoms in total. The molecule has 0 aliphatic heterocycles. The zero-order valence-corrected chi connectivity index (χ0v) is 25.0. The van der Waals surface area contributed by atoms with Crippen molar-refractivity contribution in [1.29, 1.82) is 5.26 Å². The minimum atomic E-state index is -4.59. The maximum atomic E-state index is 14.7. The number of aryl methyl sites for hydroxylation is 2. The average molecular weight is 606 g/mol. The van der Waals surface area contributed by atoms with Gasteiger partial charge >= 0.3 is 6.18 Å². The Bertz CT molecular complexity index is 2560. The Morgan fingerprint density at radius 2 is 1.02 bits per heavy atom. The van der Waals surface area contributed by atoms with Gasteiger partial charge in [0.2, 0.25) is 0 Å². The summed E-state index contributed by atoms with van der Waals surface area (Å²) in [5, 5.41) is 14.7. The first-order chi connectivity index (χ1) is 22.2. The third-order valence-corrected chi connectivity index (χ3v) is 8.90. The molecule has 0 aliphatic rings. The number of nitrogens with zero attached hydrogens (tertiary/aromatic N) is 3. The molecule has 8 aromatic rings. The summed E-state index contributed by atoms with van der Waals surface area (Å²) in [5.74, 6) is 0. The molecule has 2 aromatic heterocycles. The highest BCUT2D eigenvalue weighted by Gasteiger charge is 2.34. The number of hydrogen-bond acceptors (Lipinski definition) is 1. The van der Waals surface area contributed by atoms with Crippen molar-refractivity contribution in [2.24, 2.45) is 0 Å². The van der Waals surface area contributed by atoms with Crippen molar-refractivity contribution in [2.45, 2.75) is 20.0 Å². The van der Waals surface area contributed by atoms with Gasteiger partial charge in [-0.05, 0) is 74.0 Å². The molecule has 6 heteroatoms. The van der Waals surface area contributed by atoms with Crippen LogP contribution in [0.1, 0.15) is 22.3 Å². The topological polar surface area (TPSA) is 33.6 Å². The smallest absolute Gasteiger partial charge is 0.309 e. The molecule has 0 atom stereocenters. The largest absolute Gasteiger partial charge is 0.417 e. The number of aromatic nitrogens is 2. The van der Waals surface area contributed by atoms with Crippen LogP contribution >= 0.6 is 0 Å². The number of rotatable bonds is 3. The quantitative estimate of drug-likeness (QED) is 0.197. The van der Waals surface area contributed by atoms with Crippen molar-refractivity contribution in [2.75, 3.05) is 0 Å². The summed E-state index contributed by atoms with van der Waals surface area (Å²) in [7, 11) is 0. The predicted molar refractivity (Wildman–Crippen MR) is 180 cm³/mol. The monoisotopic (exact) mass is 605 g/mol. The first-order valence-electron chi connectivity index (χ1n) is 15.0. The number of hydrogen-bond donors (Lipinski definition) is 0. The Morgan fingerprint density at radius 1 is 0.522 bits per heavy atom. The zero-order valence-electron chi connectivity index (χ0n) is 25.0. The normalized spacial score (nSPS) is 12.0. The lowest BCUT2D eigenvalue weighted by Crippen LogP contribution is -2.09. The van der Waals surface area contributed by atoms with E-state index >= 15 is 0 Å². The fourth-order valence-corrected chi connectivity index (χ4v) is 6.91. The lowest BCUT2D eigenvalue weighted by Gasteiger charge is -2.21. The molecule has 6 aromatic carbocycles. The van der Waals surface area contributed by atoms with E-state index in [4.69, 9.17) is 0 Å². The standard InChI is InChI=1S/C40H26F3N3/c1-24-15-17-36-30(19-24)28-10-4-7-13-34(28)45(36)38-22-32(27-9-3-6-12-33(27)40(41,42)43)39(21-26(38)23-44)46-35-14-8-5-11-29(35)31-20-25(2)16-18-37(31)46/h3-22H,1-2H3. The third kappa shape index (κ3) is 4.13. The van der Waals surface area contributed by atoms with Gasteiger partial charge < -0.3 is 9.13 Å². The summed E-state index contributed by atoms with van der Waals surface area (Å²) in [6.07, 6.45) is -4.59. The molecule has 0 aliphatic carbocycles. The summed E-state index contributed by atoms with van der Waals surface area (Å²) in [6.45, 7) is 4.05. The first-order valence-corrected chi connectivity index (χ1v) is 15.0. The van der Waals surface area contributed by atoms with E-state index in [1.54, 1.807) is 18.2 Å². The Morgan fingerprint density at radius 3 is 1.59 bits per heavy atom. The number of para-hydroxylation sites is 2. The maximum absolute atomic E-state index is 14.7. The summed E-state index contributed by atoms with van der Waals surface area (Å²) in [5.41, 5.74) is 6.67. The van der Waals surface area contributed by atoms with Crippen LogP contribution in [0.2, 0.25) is 0 Å². The maximum Gasteiger partial charge on any atom is 0.417 e. The van der Waals surface area contributed by atoms with Gasteiger partial charge in [0, 0.05) is 27.1 Å². The van der Waals surface area contributed by atoms with E-state index in [9.17, 15) is 18.4 Å². The molecule has 0 bridgehead atoms. The van der Waals surface area contributed by atoms with Crippen LogP contribution in [-0.4, -0.2) is 9.13 Å². The number of benzene rings is 6. The van der Waals surface area contributed by atoms with Crippen molar-refractivity contribution in [3.05, 3.63) is 144 Å². The van der Waals surface area contributed by atoms with E-state index in [1.165, 1.54) is 12.1 Å². The number of nitriles is 1. The van der Waals surface area contributed by atoms with Gasteiger partial charge in [0.15, 0.2) is 0 Å². The number of fused-ring (bicyclic) bond motifs is 6. The van der Waals surface area contributed by atoms with Gasteiger partial charge in [-0.1, -0.05) is 77.9 Å². The van der Waals surface area contributed by atoms with Crippen molar-refractivity contribution < 1.29 is 13.2 Å². The van der Waals surface area contributed by atoms with Gasteiger partial charge in [-0.2, -0.15) is 18.4 Å².